The summed E-state index contributed by atoms with van der Waals surface area (Å²) in [4.78, 5) is 16.1. The maximum Gasteiger partial charge on any atom is 0.340 e. The third kappa shape index (κ3) is 1.40. The smallest absolute Gasteiger partial charge is 0.340 e. The van der Waals surface area contributed by atoms with Crippen LogP contribution >= 0.6 is 0 Å². The lowest BCUT2D eigenvalue weighted by molar-refractivity contribution is -0.133. The second-order valence-electron chi connectivity index (χ2n) is 4.85. The number of hydrogen-bond acceptors (Lipinski definition) is 3. The summed E-state index contributed by atoms with van der Waals surface area (Å²) in [5.74, 6) is -0.344. The van der Waals surface area contributed by atoms with Crippen molar-refractivity contribution in [1.82, 2.24) is 0 Å². The van der Waals surface area contributed by atoms with Gasteiger partial charge in [0.2, 0.25) is 0 Å². The van der Waals surface area contributed by atoms with Gasteiger partial charge in [0.25, 0.3) is 0 Å². The molecule has 0 bridgehead atoms. The van der Waals surface area contributed by atoms with Crippen LogP contribution in [-0.2, 0) is 9.53 Å². The molecule has 1 aliphatic carbocycles. The Kier molecular flexibility index (Phi) is 2.18. The zero-order valence-corrected chi connectivity index (χ0v) is 10.9. The van der Waals surface area contributed by atoms with E-state index in [0.717, 1.165) is 16.1 Å². The molecule has 0 unspecified atom stereocenters. The fourth-order valence-electron chi connectivity index (χ4n) is 2.79. The van der Waals surface area contributed by atoms with Crippen LogP contribution in [0.3, 0.4) is 0 Å². The van der Waals surface area contributed by atoms with E-state index in [9.17, 15) is 4.79 Å². The summed E-state index contributed by atoms with van der Waals surface area (Å²) >= 11 is 0. The summed E-state index contributed by atoms with van der Waals surface area (Å²) in [5.41, 5.74) is 4.96. The number of hydrogen-bond donors (Lipinski definition) is 0. The molecule has 20 heavy (non-hydrogen) atoms. The van der Waals surface area contributed by atoms with Crippen molar-refractivity contribution < 1.29 is 9.53 Å². The van der Waals surface area contributed by atoms with Crippen molar-refractivity contribution in [3.8, 4) is 11.1 Å². The largest absolute Gasteiger partial charge is 0.465 e. The standard InChI is InChI=1S/C17H11NO2/c1-20-17(19)15-9-18-16-8-13-11(7-14(15)16)6-10-4-2-3-5-12(10)13/h2-9H,1H3. The van der Waals surface area contributed by atoms with Crippen molar-refractivity contribution in [2.75, 3.05) is 7.11 Å². The Hall–Kier alpha value is -2.68. The van der Waals surface area contributed by atoms with Gasteiger partial charge in [0.15, 0.2) is 0 Å². The fraction of sp³-hybridized carbons (Fsp3) is 0.0588. The topological polar surface area (TPSA) is 38.7 Å². The van der Waals surface area contributed by atoms with Crippen LogP contribution in [-0.4, -0.2) is 13.1 Å². The first-order valence-electron chi connectivity index (χ1n) is 6.40. The summed E-state index contributed by atoms with van der Waals surface area (Å²) < 4.78 is 4.79. The molecule has 2 aliphatic rings. The minimum absolute atomic E-state index is 0.344. The summed E-state index contributed by atoms with van der Waals surface area (Å²) in [7, 11) is 1.39. The first kappa shape index (κ1) is 11.2. The lowest BCUT2D eigenvalue weighted by atomic mass is 10.0. The highest BCUT2D eigenvalue weighted by Crippen LogP contribution is 2.27. The quantitative estimate of drug-likeness (QED) is 0.625. The molecule has 3 nitrogen and oxygen atoms in total. The molecule has 0 N–H and O–H groups in total. The van der Waals surface area contributed by atoms with Gasteiger partial charge in [-0.25, -0.2) is 4.79 Å². The lowest BCUT2D eigenvalue weighted by Crippen LogP contribution is -2.16. The number of fused-ring (bicyclic) bond motifs is 4. The van der Waals surface area contributed by atoms with E-state index < -0.39 is 0 Å². The Labute approximate surface area is 115 Å². The zero-order chi connectivity index (χ0) is 13.7. The number of esters is 1. The van der Waals surface area contributed by atoms with E-state index in [2.05, 4.69) is 23.2 Å². The van der Waals surface area contributed by atoms with Crippen molar-refractivity contribution in [3.63, 3.8) is 0 Å². The van der Waals surface area contributed by atoms with Gasteiger partial charge in [-0.15, -0.1) is 0 Å². The molecule has 96 valence electrons. The van der Waals surface area contributed by atoms with Gasteiger partial charge >= 0.3 is 5.97 Å². The second-order valence-corrected chi connectivity index (χ2v) is 4.85. The molecular weight excluding hydrogens is 250 g/mol. The average Bonchev–Trinajstić information content (AvgIpc) is 3.04. The summed E-state index contributed by atoms with van der Waals surface area (Å²) in [6.07, 6.45) is 3.72. The van der Waals surface area contributed by atoms with Crippen molar-refractivity contribution in [2.45, 2.75) is 0 Å². The third-order valence-corrected chi connectivity index (χ3v) is 3.76. The molecule has 1 heterocycles. The van der Waals surface area contributed by atoms with Gasteiger partial charge in [-0.05, 0) is 40.1 Å². The van der Waals surface area contributed by atoms with Crippen molar-refractivity contribution in [1.29, 1.82) is 0 Å². The van der Waals surface area contributed by atoms with Crippen LogP contribution in [0.25, 0.3) is 22.8 Å². The highest BCUT2D eigenvalue weighted by Gasteiger charge is 2.21. The molecule has 0 saturated heterocycles. The SMILES string of the molecule is COC(=O)C1=CN=c2cc3c(cc21)=Cc1ccccc1-3. The molecule has 0 spiro atoms. The van der Waals surface area contributed by atoms with E-state index in [4.69, 9.17) is 4.74 Å². The van der Waals surface area contributed by atoms with Crippen LogP contribution in [0.5, 0.6) is 0 Å². The van der Waals surface area contributed by atoms with E-state index in [-0.39, 0.29) is 5.97 Å². The molecule has 0 fully saturated rings. The summed E-state index contributed by atoms with van der Waals surface area (Å²) in [6.45, 7) is 0. The van der Waals surface area contributed by atoms with Crippen LogP contribution in [0.1, 0.15) is 11.1 Å². The molecule has 2 aromatic carbocycles. The van der Waals surface area contributed by atoms with Gasteiger partial charge in [0.05, 0.1) is 18.0 Å². The maximum absolute atomic E-state index is 11.7. The Morgan fingerprint density at radius 1 is 1.10 bits per heavy atom. The Balaban J connectivity index is 1.95. The first-order chi connectivity index (χ1) is 9.78. The van der Waals surface area contributed by atoms with Crippen LogP contribution in [0.2, 0.25) is 0 Å². The van der Waals surface area contributed by atoms with Crippen LogP contribution < -0.4 is 10.6 Å². The van der Waals surface area contributed by atoms with E-state index in [0.29, 0.717) is 5.57 Å². The summed E-state index contributed by atoms with van der Waals surface area (Å²) in [5, 5.41) is 1.95. The van der Waals surface area contributed by atoms with Gasteiger partial charge in [0, 0.05) is 11.8 Å². The third-order valence-electron chi connectivity index (χ3n) is 3.76. The first-order valence-corrected chi connectivity index (χ1v) is 6.40. The monoisotopic (exact) mass is 261 g/mol. The molecule has 0 radical (unpaired) electrons. The predicted molar refractivity (Wildman–Crippen MR) is 76.2 cm³/mol. The maximum atomic E-state index is 11.7. The minimum Gasteiger partial charge on any atom is -0.465 e. The van der Waals surface area contributed by atoms with Crippen LogP contribution in [0.15, 0.2) is 47.6 Å². The normalized spacial score (nSPS) is 13.6. The van der Waals surface area contributed by atoms with Gasteiger partial charge < -0.3 is 4.74 Å². The molecule has 0 atom stereocenters. The lowest BCUT2D eigenvalue weighted by Gasteiger charge is -2.03. The molecule has 4 rings (SSSR count). The van der Waals surface area contributed by atoms with Gasteiger partial charge in [-0.1, -0.05) is 24.3 Å². The number of carbonyl (C=O) groups is 1. The highest BCUT2D eigenvalue weighted by molar-refractivity contribution is 6.17. The molecule has 0 aromatic heterocycles. The van der Waals surface area contributed by atoms with E-state index >= 15 is 0 Å². The number of rotatable bonds is 1. The predicted octanol–water partition coefficient (Wildman–Crippen LogP) is 1.64. The Morgan fingerprint density at radius 2 is 1.95 bits per heavy atom. The molecule has 1 aliphatic heterocycles. The van der Waals surface area contributed by atoms with Gasteiger partial charge in [-0.2, -0.15) is 0 Å². The summed E-state index contributed by atoms with van der Waals surface area (Å²) in [6, 6.07) is 12.3. The Bertz CT molecular complexity index is 907. The highest BCUT2D eigenvalue weighted by atomic mass is 16.5. The molecule has 0 saturated carbocycles. The van der Waals surface area contributed by atoms with Crippen molar-refractivity contribution in [2.24, 2.45) is 4.99 Å². The van der Waals surface area contributed by atoms with E-state index in [1.807, 2.05) is 24.3 Å². The number of benzene rings is 2. The van der Waals surface area contributed by atoms with Crippen LogP contribution in [0.4, 0.5) is 0 Å². The van der Waals surface area contributed by atoms with Gasteiger partial charge in [0.1, 0.15) is 0 Å². The number of nitrogens with zero attached hydrogens (tertiary/aromatic N) is 1. The number of carbonyl (C=O) groups excluding carboxylic acids is 1. The van der Waals surface area contributed by atoms with Gasteiger partial charge in [-0.3, -0.25) is 4.99 Å². The molecule has 0 amide bonds. The fourth-order valence-corrected chi connectivity index (χ4v) is 2.79. The second kappa shape index (κ2) is 3.90. The molecule has 3 heteroatoms. The Morgan fingerprint density at radius 3 is 2.80 bits per heavy atom. The van der Waals surface area contributed by atoms with E-state index in [1.165, 1.54) is 23.8 Å². The minimum atomic E-state index is -0.344. The van der Waals surface area contributed by atoms with E-state index in [1.54, 1.807) is 6.20 Å². The van der Waals surface area contributed by atoms with Crippen molar-refractivity contribution >= 4 is 17.6 Å². The molecular formula is C17H11NO2. The zero-order valence-electron chi connectivity index (χ0n) is 10.9. The van der Waals surface area contributed by atoms with Crippen LogP contribution in [0, 0.1) is 0 Å². The average molecular weight is 261 g/mol. The number of ether oxygens (including phenoxy) is 1. The molecule has 2 aromatic rings. The van der Waals surface area contributed by atoms with Crippen molar-refractivity contribution in [3.05, 3.63) is 64.3 Å². The number of methoxy groups -OCH3 is 1.